The number of nitrogens with zero attached hydrogens (tertiary/aromatic N) is 2. The Bertz CT molecular complexity index is 434. The van der Waals surface area contributed by atoms with Gasteiger partial charge >= 0.3 is 0 Å². The van der Waals surface area contributed by atoms with Crippen molar-refractivity contribution in [3.63, 3.8) is 0 Å². The lowest BCUT2D eigenvalue weighted by molar-refractivity contribution is 0.0897. The smallest absolute Gasteiger partial charge is 0.226 e. The van der Waals surface area contributed by atoms with Crippen LogP contribution in [0.25, 0.3) is 0 Å². The van der Waals surface area contributed by atoms with E-state index in [4.69, 9.17) is 9.47 Å². The number of methoxy groups -OCH3 is 1. The van der Waals surface area contributed by atoms with Crippen LogP contribution in [0.4, 0.5) is 5.95 Å². The average Bonchev–Trinajstić information content (AvgIpc) is 3.10. The molecule has 2 atom stereocenters. The van der Waals surface area contributed by atoms with E-state index < -0.39 is 0 Å². The van der Waals surface area contributed by atoms with E-state index in [1.54, 1.807) is 7.11 Å². The van der Waals surface area contributed by atoms with E-state index >= 15 is 0 Å². The Labute approximate surface area is 107 Å². The number of rotatable bonds is 4. The summed E-state index contributed by atoms with van der Waals surface area (Å²) in [6, 6.07) is 2.17. The number of anilines is 1. The van der Waals surface area contributed by atoms with Crippen molar-refractivity contribution in [1.82, 2.24) is 9.97 Å². The number of aryl methyl sites for hydroxylation is 1. The molecule has 3 rings (SSSR count). The lowest BCUT2D eigenvalue weighted by atomic mass is 10.1. The third-order valence-corrected chi connectivity index (χ3v) is 3.58. The largest absolute Gasteiger partial charge is 0.481 e. The molecule has 18 heavy (non-hydrogen) atoms. The van der Waals surface area contributed by atoms with Crippen molar-refractivity contribution < 1.29 is 9.47 Å². The number of aromatic nitrogens is 2. The van der Waals surface area contributed by atoms with E-state index in [1.165, 1.54) is 12.8 Å². The van der Waals surface area contributed by atoms with Gasteiger partial charge in [0.1, 0.15) is 0 Å². The van der Waals surface area contributed by atoms with Crippen LogP contribution in [0.1, 0.15) is 25.0 Å². The van der Waals surface area contributed by atoms with Crippen LogP contribution in [0.15, 0.2) is 6.07 Å². The maximum absolute atomic E-state index is 5.80. The number of hydrogen-bond acceptors (Lipinski definition) is 5. The van der Waals surface area contributed by atoms with Gasteiger partial charge < -0.3 is 14.8 Å². The van der Waals surface area contributed by atoms with E-state index in [-0.39, 0.29) is 0 Å². The quantitative estimate of drug-likeness (QED) is 0.881. The van der Waals surface area contributed by atoms with E-state index in [9.17, 15) is 0 Å². The topological polar surface area (TPSA) is 56.3 Å². The molecule has 1 aromatic heterocycles. The molecule has 2 aliphatic rings. The average molecular weight is 249 g/mol. The SMILES string of the molecule is COc1cc(C)nc(NC2CCOC2C2CC2)n1. The summed E-state index contributed by atoms with van der Waals surface area (Å²) in [5.74, 6) is 1.98. The molecule has 1 aromatic rings. The molecule has 0 amide bonds. The molecule has 0 radical (unpaired) electrons. The Morgan fingerprint density at radius 3 is 2.89 bits per heavy atom. The van der Waals surface area contributed by atoms with Crippen molar-refractivity contribution in [1.29, 1.82) is 0 Å². The van der Waals surface area contributed by atoms with Gasteiger partial charge in [0.15, 0.2) is 0 Å². The summed E-state index contributed by atoms with van der Waals surface area (Å²) in [5, 5.41) is 3.40. The summed E-state index contributed by atoms with van der Waals surface area (Å²) in [4.78, 5) is 8.73. The normalized spacial score (nSPS) is 27.2. The van der Waals surface area contributed by atoms with Crippen LogP contribution in [0.5, 0.6) is 5.88 Å². The third-order valence-electron chi connectivity index (χ3n) is 3.58. The molecule has 1 aliphatic heterocycles. The highest BCUT2D eigenvalue weighted by atomic mass is 16.5. The molecule has 0 spiro atoms. The zero-order chi connectivity index (χ0) is 12.5. The van der Waals surface area contributed by atoms with Crippen LogP contribution in [0.2, 0.25) is 0 Å². The van der Waals surface area contributed by atoms with Crippen molar-refractivity contribution in [2.45, 2.75) is 38.3 Å². The van der Waals surface area contributed by atoms with Gasteiger partial charge in [-0.3, -0.25) is 0 Å². The highest BCUT2D eigenvalue weighted by Gasteiger charge is 2.40. The van der Waals surface area contributed by atoms with Crippen molar-refractivity contribution in [3.8, 4) is 5.88 Å². The van der Waals surface area contributed by atoms with Gasteiger partial charge in [-0.15, -0.1) is 0 Å². The summed E-state index contributed by atoms with van der Waals surface area (Å²) >= 11 is 0. The Kier molecular flexibility index (Phi) is 3.07. The molecular formula is C13H19N3O2. The maximum Gasteiger partial charge on any atom is 0.226 e. The first-order valence-corrected chi connectivity index (χ1v) is 6.54. The van der Waals surface area contributed by atoms with Gasteiger partial charge in [0.05, 0.1) is 19.3 Å². The van der Waals surface area contributed by atoms with Crippen LogP contribution in [0.3, 0.4) is 0 Å². The van der Waals surface area contributed by atoms with Gasteiger partial charge in [-0.2, -0.15) is 4.98 Å². The van der Waals surface area contributed by atoms with Gasteiger partial charge in [-0.1, -0.05) is 0 Å². The van der Waals surface area contributed by atoms with E-state index in [0.29, 0.717) is 24.0 Å². The zero-order valence-electron chi connectivity index (χ0n) is 10.8. The van der Waals surface area contributed by atoms with Gasteiger partial charge in [0.2, 0.25) is 11.8 Å². The first-order chi connectivity index (χ1) is 8.76. The molecular weight excluding hydrogens is 230 g/mol. The molecule has 1 aliphatic carbocycles. The van der Waals surface area contributed by atoms with E-state index in [1.807, 2.05) is 13.0 Å². The monoisotopic (exact) mass is 249 g/mol. The first-order valence-electron chi connectivity index (χ1n) is 6.54. The van der Waals surface area contributed by atoms with Crippen molar-refractivity contribution >= 4 is 5.95 Å². The number of nitrogens with one attached hydrogen (secondary N) is 1. The molecule has 2 fully saturated rings. The van der Waals surface area contributed by atoms with Crippen LogP contribution >= 0.6 is 0 Å². The molecule has 0 bridgehead atoms. The van der Waals surface area contributed by atoms with Gasteiger partial charge in [-0.25, -0.2) is 4.98 Å². The second kappa shape index (κ2) is 4.72. The molecule has 2 unspecified atom stereocenters. The van der Waals surface area contributed by atoms with Crippen LogP contribution in [-0.2, 0) is 4.74 Å². The lowest BCUT2D eigenvalue weighted by Crippen LogP contribution is -2.31. The maximum atomic E-state index is 5.80. The van der Waals surface area contributed by atoms with E-state index in [2.05, 4.69) is 15.3 Å². The molecule has 1 saturated carbocycles. The third kappa shape index (κ3) is 2.41. The van der Waals surface area contributed by atoms with Gasteiger partial charge in [-0.05, 0) is 32.1 Å². The second-order valence-electron chi connectivity index (χ2n) is 5.09. The van der Waals surface area contributed by atoms with Crippen molar-refractivity contribution in [2.75, 3.05) is 19.0 Å². The minimum atomic E-state index is 0.333. The fourth-order valence-corrected chi connectivity index (χ4v) is 2.53. The van der Waals surface area contributed by atoms with E-state index in [0.717, 1.165) is 24.6 Å². The Hall–Kier alpha value is -1.36. The minimum absolute atomic E-state index is 0.333. The van der Waals surface area contributed by atoms with Crippen molar-refractivity contribution in [2.24, 2.45) is 5.92 Å². The second-order valence-corrected chi connectivity index (χ2v) is 5.09. The molecule has 5 nitrogen and oxygen atoms in total. The fraction of sp³-hybridized carbons (Fsp3) is 0.692. The zero-order valence-corrected chi connectivity index (χ0v) is 10.8. The van der Waals surface area contributed by atoms with Gasteiger partial charge in [0.25, 0.3) is 0 Å². The van der Waals surface area contributed by atoms with Gasteiger partial charge in [0, 0.05) is 18.4 Å². The molecule has 0 aromatic carbocycles. The summed E-state index contributed by atoms with van der Waals surface area (Å²) in [5.41, 5.74) is 0.909. The lowest BCUT2D eigenvalue weighted by Gasteiger charge is -2.19. The predicted molar refractivity (Wildman–Crippen MR) is 67.8 cm³/mol. The standard InChI is InChI=1S/C13H19N3O2/c1-8-7-11(17-2)16-13(14-8)15-10-5-6-18-12(10)9-3-4-9/h7,9-10,12H,3-6H2,1-2H3,(H,14,15,16). The molecule has 1 N–H and O–H groups in total. The summed E-state index contributed by atoms with van der Waals surface area (Å²) in [7, 11) is 1.62. The highest BCUT2D eigenvalue weighted by molar-refractivity contribution is 5.32. The Balaban J connectivity index is 1.73. The van der Waals surface area contributed by atoms with Crippen LogP contribution in [-0.4, -0.2) is 35.8 Å². The Morgan fingerprint density at radius 2 is 2.17 bits per heavy atom. The van der Waals surface area contributed by atoms with Crippen LogP contribution in [0, 0.1) is 12.8 Å². The summed E-state index contributed by atoms with van der Waals surface area (Å²) in [6.07, 6.45) is 3.95. The fourth-order valence-electron chi connectivity index (χ4n) is 2.53. The highest BCUT2D eigenvalue weighted by Crippen LogP contribution is 2.39. The molecule has 2 heterocycles. The molecule has 98 valence electrons. The van der Waals surface area contributed by atoms with Crippen molar-refractivity contribution in [3.05, 3.63) is 11.8 Å². The molecule has 1 saturated heterocycles. The molecule has 5 heteroatoms. The minimum Gasteiger partial charge on any atom is -0.481 e. The summed E-state index contributed by atoms with van der Waals surface area (Å²) < 4.78 is 11.0. The first kappa shape index (κ1) is 11.7. The number of ether oxygens (including phenoxy) is 2. The predicted octanol–water partition coefficient (Wildman–Crippen LogP) is 1.77. The Morgan fingerprint density at radius 1 is 1.33 bits per heavy atom. The van der Waals surface area contributed by atoms with Crippen LogP contribution < -0.4 is 10.1 Å². The summed E-state index contributed by atoms with van der Waals surface area (Å²) in [6.45, 7) is 2.78. The number of hydrogen-bond donors (Lipinski definition) is 1.